The van der Waals surface area contributed by atoms with Gasteiger partial charge in [-0.25, -0.2) is 4.79 Å². The summed E-state index contributed by atoms with van der Waals surface area (Å²) in [5.74, 6) is -1.13. The number of hydrogen-bond donors (Lipinski definition) is 2. The molecule has 0 aliphatic rings. The fraction of sp³-hybridized carbons (Fsp3) is 0.467. The van der Waals surface area contributed by atoms with Gasteiger partial charge in [0, 0.05) is 5.02 Å². The smallest absolute Gasteiger partial charge is 1.00 e. The molecular formula is C15H20Cl2NNaO4. The van der Waals surface area contributed by atoms with E-state index in [4.69, 9.17) is 33.0 Å². The van der Waals surface area contributed by atoms with Crippen LogP contribution in [0.25, 0.3) is 0 Å². The van der Waals surface area contributed by atoms with E-state index >= 15 is 0 Å². The van der Waals surface area contributed by atoms with Gasteiger partial charge in [-0.1, -0.05) is 37.0 Å². The third-order valence-electron chi connectivity index (χ3n) is 2.89. The minimum absolute atomic E-state index is 0. The molecule has 0 fully saturated rings. The number of carboxylic acids is 1. The van der Waals surface area contributed by atoms with Gasteiger partial charge in [0.05, 0.1) is 5.02 Å². The normalized spacial score (nSPS) is 13.0. The molecule has 0 aliphatic carbocycles. The Kier molecular flexibility index (Phi) is 10.2. The first-order valence-corrected chi connectivity index (χ1v) is 7.61. The summed E-state index contributed by atoms with van der Waals surface area (Å²) >= 11 is 11.8. The maximum Gasteiger partial charge on any atom is 1.00 e. The third-order valence-corrected chi connectivity index (χ3v) is 3.42. The van der Waals surface area contributed by atoms with E-state index in [1.807, 2.05) is 13.8 Å². The number of rotatable bonds is 7. The molecule has 2 N–H and O–H groups in total. The van der Waals surface area contributed by atoms with E-state index in [-0.39, 0.29) is 41.9 Å². The van der Waals surface area contributed by atoms with E-state index in [2.05, 4.69) is 5.32 Å². The molecule has 2 atom stereocenters. The number of halogens is 2. The van der Waals surface area contributed by atoms with Crippen molar-refractivity contribution in [2.75, 3.05) is 0 Å². The van der Waals surface area contributed by atoms with Crippen molar-refractivity contribution in [3.8, 4) is 5.75 Å². The predicted octanol–water partition coefficient (Wildman–Crippen LogP) is 0.493. The van der Waals surface area contributed by atoms with Crippen molar-refractivity contribution >= 4 is 35.1 Å². The molecule has 0 aromatic heterocycles. The summed E-state index contributed by atoms with van der Waals surface area (Å²) < 4.78 is 5.45. The quantitative estimate of drug-likeness (QED) is 0.684. The zero-order valence-corrected chi connectivity index (χ0v) is 17.1. The molecule has 1 aromatic rings. The van der Waals surface area contributed by atoms with Crippen LogP contribution in [-0.4, -0.2) is 29.1 Å². The molecule has 0 saturated heterocycles. The predicted molar refractivity (Wildman–Crippen MR) is 86.7 cm³/mol. The van der Waals surface area contributed by atoms with Gasteiger partial charge in [-0.2, -0.15) is 0 Å². The maximum atomic E-state index is 12.1. The molecule has 1 unspecified atom stereocenters. The van der Waals surface area contributed by atoms with Crippen LogP contribution in [0, 0.1) is 5.92 Å². The second kappa shape index (κ2) is 10.4. The zero-order chi connectivity index (χ0) is 16.9. The fourth-order valence-corrected chi connectivity index (χ4v) is 2.25. The Labute approximate surface area is 169 Å². The van der Waals surface area contributed by atoms with E-state index in [0.717, 1.165) is 0 Å². The molecule has 0 radical (unpaired) electrons. The molecule has 0 saturated carbocycles. The first kappa shape index (κ1) is 22.5. The average molecular weight is 372 g/mol. The summed E-state index contributed by atoms with van der Waals surface area (Å²) in [7, 11) is 0. The van der Waals surface area contributed by atoms with Crippen LogP contribution in [0.4, 0.5) is 0 Å². The van der Waals surface area contributed by atoms with Crippen LogP contribution in [0.3, 0.4) is 0 Å². The van der Waals surface area contributed by atoms with Crippen LogP contribution in [-0.2, 0) is 9.59 Å². The van der Waals surface area contributed by atoms with Crippen LogP contribution in [0.1, 0.15) is 28.6 Å². The van der Waals surface area contributed by atoms with Crippen molar-refractivity contribution in [2.24, 2.45) is 5.92 Å². The number of nitrogens with one attached hydrogen (secondary N) is 1. The molecule has 124 valence electrons. The van der Waals surface area contributed by atoms with Crippen molar-refractivity contribution in [3.63, 3.8) is 0 Å². The number of carbonyl (C=O) groups excluding carboxylic acids is 1. The van der Waals surface area contributed by atoms with E-state index in [1.54, 1.807) is 12.1 Å². The first-order valence-electron chi connectivity index (χ1n) is 6.85. The van der Waals surface area contributed by atoms with Crippen LogP contribution < -0.4 is 39.6 Å². The Balaban J connectivity index is 0. The first-order chi connectivity index (χ1) is 10.2. The number of carboxylic acid groups (broad SMARTS) is 1. The van der Waals surface area contributed by atoms with E-state index in [1.165, 1.54) is 13.0 Å². The number of ether oxygens (including phenoxy) is 1. The maximum absolute atomic E-state index is 12.1. The number of aliphatic carboxylic acids is 1. The zero-order valence-electron chi connectivity index (χ0n) is 14.6. The fourth-order valence-electron chi connectivity index (χ4n) is 1.80. The van der Waals surface area contributed by atoms with Crippen molar-refractivity contribution in [1.29, 1.82) is 0 Å². The molecular weight excluding hydrogens is 352 g/mol. The SMILES string of the molecule is CC(C)C[C@H](NC(=O)C(C)Oc1ccc(Cl)cc1Cl)C(=O)O.[H-].[Na+]. The number of amides is 1. The summed E-state index contributed by atoms with van der Waals surface area (Å²) in [6, 6.07) is 3.70. The Morgan fingerprint density at radius 2 is 1.91 bits per heavy atom. The Morgan fingerprint density at radius 1 is 1.30 bits per heavy atom. The van der Waals surface area contributed by atoms with Gasteiger partial charge in [-0.3, -0.25) is 4.79 Å². The summed E-state index contributed by atoms with van der Waals surface area (Å²) in [6.45, 7) is 5.29. The van der Waals surface area contributed by atoms with Crippen LogP contribution in [0.15, 0.2) is 18.2 Å². The van der Waals surface area contributed by atoms with Crippen molar-refractivity contribution < 1.29 is 50.4 Å². The van der Waals surface area contributed by atoms with Gasteiger partial charge in [-0.15, -0.1) is 0 Å². The third kappa shape index (κ3) is 7.77. The largest absolute Gasteiger partial charge is 1.00 e. The Morgan fingerprint density at radius 3 is 2.39 bits per heavy atom. The molecule has 0 bridgehead atoms. The van der Waals surface area contributed by atoms with Gasteiger partial charge in [0.1, 0.15) is 11.8 Å². The molecule has 0 heterocycles. The molecule has 23 heavy (non-hydrogen) atoms. The minimum atomic E-state index is -1.07. The van der Waals surface area contributed by atoms with E-state index in [9.17, 15) is 9.59 Å². The molecule has 1 rings (SSSR count). The topological polar surface area (TPSA) is 75.6 Å². The van der Waals surface area contributed by atoms with Gasteiger partial charge in [0.15, 0.2) is 6.10 Å². The molecule has 8 heteroatoms. The summed E-state index contributed by atoms with van der Waals surface area (Å²) in [5.41, 5.74) is 0. The van der Waals surface area contributed by atoms with Gasteiger partial charge >= 0.3 is 35.5 Å². The number of benzene rings is 1. The van der Waals surface area contributed by atoms with Gasteiger partial charge in [0.2, 0.25) is 0 Å². The summed E-state index contributed by atoms with van der Waals surface area (Å²) in [4.78, 5) is 23.2. The molecule has 0 aliphatic heterocycles. The second-order valence-electron chi connectivity index (χ2n) is 5.36. The van der Waals surface area contributed by atoms with E-state index < -0.39 is 24.0 Å². The number of hydrogen-bond acceptors (Lipinski definition) is 3. The van der Waals surface area contributed by atoms with E-state index in [0.29, 0.717) is 17.2 Å². The number of carbonyl (C=O) groups is 2. The van der Waals surface area contributed by atoms with Crippen molar-refractivity contribution in [1.82, 2.24) is 5.32 Å². The van der Waals surface area contributed by atoms with Crippen LogP contribution in [0.5, 0.6) is 5.75 Å². The molecule has 0 spiro atoms. The summed E-state index contributed by atoms with van der Waals surface area (Å²) in [6.07, 6.45) is -0.539. The average Bonchev–Trinajstić information content (AvgIpc) is 2.40. The van der Waals surface area contributed by atoms with Crippen LogP contribution in [0.2, 0.25) is 10.0 Å². The van der Waals surface area contributed by atoms with Gasteiger partial charge in [-0.05, 0) is 37.5 Å². The van der Waals surface area contributed by atoms with Crippen LogP contribution >= 0.6 is 23.2 Å². The van der Waals surface area contributed by atoms with Gasteiger partial charge < -0.3 is 16.6 Å². The second-order valence-corrected chi connectivity index (χ2v) is 6.21. The molecule has 1 aromatic carbocycles. The standard InChI is InChI=1S/C15H19Cl2NO4.Na.H/c1-8(2)6-12(15(20)21)18-14(19)9(3)22-13-5-4-10(16)7-11(13)17;;/h4-5,7-9,12H,6H2,1-3H3,(H,18,19)(H,20,21);;/q;+1;-1/t9?,12-;;/m0../s1. The minimum Gasteiger partial charge on any atom is -1.00 e. The van der Waals surface area contributed by atoms with Crippen molar-refractivity contribution in [2.45, 2.75) is 39.3 Å². The van der Waals surface area contributed by atoms with Gasteiger partial charge in [0.25, 0.3) is 5.91 Å². The van der Waals surface area contributed by atoms with Crippen molar-refractivity contribution in [3.05, 3.63) is 28.2 Å². The molecule has 5 nitrogen and oxygen atoms in total. The Hall–Kier alpha value is -0.460. The Bertz CT molecular complexity index is 560. The molecule has 1 amide bonds. The summed E-state index contributed by atoms with van der Waals surface area (Å²) in [5, 5.41) is 12.3. The monoisotopic (exact) mass is 371 g/mol.